The van der Waals surface area contributed by atoms with Crippen LogP contribution in [0.25, 0.3) is 0 Å². The Labute approximate surface area is 150 Å². The first-order valence-corrected chi connectivity index (χ1v) is 8.77. The Morgan fingerprint density at radius 1 is 1.31 bits per heavy atom. The molecule has 0 aromatic heterocycles. The Morgan fingerprint density at radius 2 is 2.08 bits per heavy atom. The number of aliphatic hydroxyl groups is 1. The zero-order valence-electron chi connectivity index (χ0n) is 14.3. The average Bonchev–Trinajstić information content (AvgIpc) is 2.96. The highest BCUT2D eigenvalue weighted by Gasteiger charge is 2.38. The highest BCUT2D eigenvalue weighted by atomic mass is 19.4. The average molecular weight is 372 g/mol. The normalized spacial score (nSPS) is 26.5. The second kappa shape index (κ2) is 7.94. The number of morpholine rings is 1. The van der Waals surface area contributed by atoms with Gasteiger partial charge in [0.25, 0.3) is 0 Å². The van der Waals surface area contributed by atoms with Gasteiger partial charge in [0, 0.05) is 31.8 Å². The Bertz CT molecular complexity index is 638. The van der Waals surface area contributed by atoms with Crippen LogP contribution in [0, 0.1) is 0 Å². The summed E-state index contributed by atoms with van der Waals surface area (Å²) in [5, 5.41) is 11.9. The van der Waals surface area contributed by atoms with Crippen molar-refractivity contribution in [1.29, 1.82) is 0 Å². The summed E-state index contributed by atoms with van der Waals surface area (Å²) in [5.41, 5.74) is -0.779. The van der Waals surface area contributed by atoms with Crippen molar-refractivity contribution in [2.24, 2.45) is 0 Å². The molecule has 3 rings (SSSR count). The number of rotatable bonds is 5. The standard InChI is InChI=1S/C18H23F3N2O3/c19-18(20,21)16-4-2-1-3-12(16)7-17(25)22-13-8-14-11-26-15(5-6-24)10-23(14)9-13/h1-4,13-15,24H,5-11H2,(H,22,25)/t13-,14+,15+/m1/s1. The number of alkyl halides is 3. The molecule has 1 amide bonds. The third kappa shape index (κ3) is 4.55. The Hall–Kier alpha value is -1.64. The maximum absolute atomic E-state index is 13.0. The van der Waals surface area contributed by atoms with Crippen molar-refractivity contribution < 1.29 is 27.8 Å². The molecule has 5 nitrogen and oxygen atoms in total. The number of ether oxygens (including phenoxy) is 1. The predicted octanol–water partition coefficient (Wildman–Crippen LogP) is 1.59. The molecule has 3 atom stereocenters. The van der Waals surface area contributed by atoms with Crippen LogP contribution in [0.15, 0.2) is 24.3 Å². The van der Waals surface area contributed by atoms with Crippen molar-refractivity contribution in [3.63, 3.8) is 0 Å². The largest absolute Gasteiger partial charge is 0.416 e. The van der Waals surface area contributed by atoms with Gasteiger partial charge in [-0.25, -0.2) is 0 Å². The van der Waals surface area contributed by atoms with Crippen LogP contribution >= 0.6 is 0 Å². The van der Waals surface area contributed by atoms with Gasteiger partial charge in [-0.3, -0.25) is 9.69 Å². The van der Waals surface area contributed by atoms with Crippen molar-refractivity contribution >= 4 is 5.91 Å². The molecule has 2 aliphatic heterocycles. The summed E-state index contributed by atoms with van der Waals surface area (Å²) >= 11 is 0. The predicted molar refractivity (Wildman–Crippen MR) is 88.5 cm³/mol. The number of carbonyl (C=O) groups is 1. The summed E-state index contributed by atoms with van der Waals surface area (Å²) in [5.74, 6) is -0.403. The minimum Gasteiger partial charge on any atom is -0.396 e. The van der Waals surface area contributed by atoms with Crippen molar-refractivity contribution in [3.05, 3.63) is 35.4 Å². The highest BCUT2D eigenvalue weighted by Crippen LogP contribution is 2.32. The molecular weight excluding hydrogens is 349 g/mol. The van der Waals surface area contributed by atoms with Crippen molar-refractivity contribution in [3.8, 4) is 0 Å². The van der Waals surface area contributed by atoms with Gasteiger partial charge >= 0.3 is 6.18 Å². The molecule has 0 unspecified atom stereocenters. The first-order chi connectivity index (χ1) is 12.4. The summed E-state index contributed by atoms with van der Waals surface area (Å²) in [4.78, 5) is 14.5. The fourth-order valence-corrected chi connectivity index (χ4v) is 3.77. The van der Waals surface area contributed by atoms with E-state index in [4.69, 9.17) is 9.84 Å². The Kier molecular flexibility index (Phi) is 5.84. The summed E-state index contributed by atoms with van der Waals surface area (Å²) in [6.45, 7) is 1.98. The SMILES string of the molecule is O=C(Cc1ccccc1C(F)(F)F)N[C@@H]1C[C@H]2CO[C@@H](CCO)CN2C1. The van der Waals surface area contributed by atoms with Gasteiger partial charge in [-0.2, -0.15) is 13.2 Å². The maximum atomic E-state index is 13.0. The van der Waals surface area contributed by atoms with Gasteiger partial charge in [-0.05, 0) is 24.5 Å². The summed E-state index contributed by atoms with van der Waals surface area (Å²) in [6, 6.07) is 5.28. The number of nitrogens with zero attached hydrogens (tertiary/aromatic N) is 1. The molecule has 0 aliphatic carbocycles. The van der Waals surface area contributed by atoms with Crippen LogP contribution in [-0.2, 0) is 22.1 Å². The second-order valence-electron chi connectivity index (χ2n) is 6.91. The number of aliphatic hydroxyl groups excluding tert-OH is 1. The summed E-state index contributed by atoms with van der Waals surface area (Å²) in [6.07, 6.45) is -3.47. The molecule has 2 aliphatic rings. The van der Waals surface area contributed by atoms with Crippen molar-refractivity contribution in [2.75, 3.05) is 26.3 Å². The Balaban J connectivity index is 1.56. The van der Waals surface area contributed by atoms with E-state index in [1.54, 1.807) is 0 Å². The topological polar surface area (TPSA) is 61.8 Å². The number of nitrogens with one attached hydrogen (secondary N) is 1. The number of hydrogen-bond donors (Lipinski definition) is 2. The van der Waals surface area contributed by atoms with E-state index >= 15 is 0 Å². The Morgan fingerprint density at radius 3 is 2.81 bits per heavy atom. The minimum absolute atomic E-state index is 0.00985. The van der Waals surface area contributed by atoms with E-state index in [2.05, 4.69) is 10.2 Å². The fourth-order valence-electron chi connectivity index (χ4n) is 3.77. The quantitative estimate of drug-likeness (QED) is 0.824. The molecule has 0 saturated carbocycles. The zero-order chi connectivity index (χ0) is 18.7. The lowest BCUT2D eigenvalue weighted by molar-refractivity contribution is -0.138. The number of carbonyl (C=O) groups excluding carboxylic acids is 1. The lowest BCUT2D eigenvalue weighted by Crippen LogP contribution is -2.46. The first-order valence-electron chi connectivity index (χ1n) is 8.77. The van der Waals surface area contributed by atoms with Gasteiger partial charge in [-0.1, -0.05) is 18.2 Å². The minimum atomic E-state index is -4.47. The molecule has 0 bridgehead atoms. The monoisotopic (exact) mass is 372 g/mol. The van der Waals surface area contributed by atoms with Gasteiger partial charge in [-0.15, -0.1) is 0 Å². The molecule has 2 fully saturated rings. The van der Waals surface area contributed by atoms with Crippen LogP contribution < -0.4 is 5.32 Å². The number of benzene rings is 1. The number of hydrogen-bond acceptors (Lipinski definition) is 4. The van der Waals surface area contributed by atoms with Gasteiger partial charge in [0.15, 0.2) is 0 Å². The van der Waals surface area contributed by atoms with Crippen LogP contribution in [0.1, 0.15) is 24.0 Å². The van der Waals surface area contributed by atoms with Crippen LogP contribution in [-0.4, -0.2) is 60.4 Å². The number of halogens is 3. The van der Waals surface area contributed by atoms with E-state index in [9.17, 15) is 18.0 Å². The van der Waals surface area contributed by atoms with E-state index in [-0.39, 0.29) is 36.8 Å². The molecule has 8 heteroatoms. The zero-order valence-corrected chi connectivity index (χ0v) is 14.3. The molecule has 1 aromatic carbocycles. The molecule has 2 heterocycles. The molecular formula is C18H23F3N2O3. The van der Waals surface area contributed by atoms with Crippen LogP contribution in [0.4, 0.5) is 13.2 Å². The third-order valence-electron chi connectivity index (χ3n) is 4.98. The molecule has 0 radical (unpaired) electrons. The van der Waals surface area contributed by atoms with Gasteiger partial charge in [0.1, 0.15) is 0 Å². The van der Waals surface area contributed by atoms with Gasteiger partial charge in [0.2, 0.25) is 5.91 Å². The van der Waals surface area contributed by atoms with Crippen LogP contribution in [0.5, 0.6) is 0 Å². The van der Waals surface area contributed by atoms with E-state index in [0.29, 0.717) is 26.1 Å². The molecule has 2 saturated heterocycles. The first kappa shape index (κ1) is 19.1. The lowest BCUT2D eigenvalue weighted by atomic mass is 10.0. The number of amides is 1. The lowest BCUT2D eigenvalue weighted by Gasteiger charge is -2.34. The molecule has 1 aromatic rings. The van der Waals surface area contributed by atoms with Crippen LogP contribution in [0.3, 0.4) is 0 Å². The van der Waals surface area contributed by atoms with E-state index in [1.165, 1.54) is 18.2 Å². The van der Waals surface area contributed by atoms with E-state index in [1.807, 2.05) is 0 Å². The number of fused-ring (bicyclic) bond motifs is 1. The second-order valence-corrected chi connectivity index (χ2v) is 6.91. The third-order valence-corrected chi connectivity index (χ3v) is 4.98. The summed E-state index contributed by atoms with van der Waals surface area (Å²) < 4.78 is 44.8. The van der Waals surface area contributed by atoms with E-state index < -0.39 is 17.6 Å². The molecule has 0 spiro atoms. The summed E-state index contributed by atoms with van der Waals surface area (Å²) in [7, 11) is 0. The van der Waals surface area contributed by atoms with Crippen molar-refractivity contribution in [2.45, 2.75) is 43.6 Å². The van der Waals surface area contributed by atoms with Crippen molar-refractivity contribution in [1.82, 2.24) is 10.2 Å². The van der Waals surface area contributed by atoms with Gasteiger partial charge < -0.3 is 15.2 Å². The molecule has 2 N–H and O–H groups in total. The maximum Gasteiger partial charge on any atom is 0.416 e. The molecule has 26 heavy (non-hydrogen) atoms. The van der Waals surface area contributed by atoms with Gasteiger partial charge in [0.05, 0.1) is 24.7 Å². The highest BCUT2D eigenvalue weighted by molar-refractivity contribution is 5.79. The smallest absolute Gasteiger partial charge is 0.396 e. The fraction of sp³-hybridized carbons (Fsp3) is 0.611. The van der Waals surface area contributed by atoms with Crippen LogP contribution in [0.2, 0.25) is 0 Å². The molecule has 144 valence electrons. The van der Waals surface area contributed by atoms with E-state index in [0.717, 1.165) is 12.5 Å².